The number of ether oxygens (including phenoxy) is 2. The first-order valence-corrected chi connectivity index (χ1v) is 12.8. The van der Waals surface area contributed by atoms with Crippen LogP contribution >= 0.6 is 0 Å². The first kappa shape index (κ1) is 23.6. The number of fused-ring (bicyclic) bond motifs is 1. The van der Waals surface area contributed by atoms with Gasteiger partial charge in [-0.05, 0) is 41.8 Å². The molecule has 2 aromatic heterocycles. The molecule has 37 heavy (non-hydrogen) atoms. The van der Waals surface area contributed by atoms with E-state index in [1.807, 2.05) is 25.3 Å². The average molecular weight is 498 g/mol. The molecule has 0 N–H and O–H groups in total. The van der Waals surface area contributed by atoms with Gasteiger partial charge in [0.15, 0.2) is 0 Å². The monoisotopic (exact) mass is 497 g/mol. The van der Waals surface area contributed by atoms with Crippen LogP contribution in [0.3, 0.4) is 0 Å². The summed E-state index contributed by atoms with van der Waals surface area (Å²) < 4.78 is 13.1. The van der Waals surface area contributed by atoms with E-state index in [1.54, 1.807) is 11.6 Å². The van der Waals surface area contributed by atoms with Crippen LogP contribution < -0.4 is 15.4 Å². The van der Waals surface area contributed by atoms with Crippen LogP contribution in [0.15, 0.2) is 65.6 Å². The SMILES string of the molecule is Cc1cc(-c2ccc3nc(N4CCOCC4)nc(N4CCOCC4c4ccccc4)c3c2)cn(C)c1=O. The Hall–Kier alpha value is -3.75. The van der Waals surface area contributed by atoms with E-state index < -0.39 is 0 Å². The molecule has 2 aromatic carbocycles. The molecule has 0 aliphatic carbocycles. The maximum atomic E-state index is 12.3. The molecule has 4 heterocycles. The minimum Gasteiger partial charge on any atom is -0.378 e. The van der Waals surface area contributed by atoms with Gasteiger partial charge in [0, 0.05) is 43.8 Å². The lowest BCUT2D eigenvalue weighted by molar-refractivity contribution is 0.0938. The smallest absolute Gasteiger partial charge is 0.253 e. The van der Waals surface area contributed by atoms with Gasteiger partial charge in [-0.15, -0.1) is 0 Å². The molecule has 2 aliphatic rings. The lowest BCUT2D eigenvalue weighted by Crippen LogP contribution is -2.41. The standard InChI is InChI=1S/C29H31N5O3/c1-20-16-23(18-32(2)28(20)35)22-8-9-25-24(17-22)27(31-29(30-25)33-10-13-36-14-11-33)34-12-15-37-19-26(34)21-6-4-3-5-7-21/h3-9,16-18,26H,10-15,19H2,1-2H3. The minimum atomic E-state index is 0.0164. The molecule has 0 amide bonds. The Morgan fingerprint density at radius 2 is 1.68 bits per heavy atom. The molecule has 8 nitrogen and oxygen atoms in total. The Kier molecular flexibility index (Phi) is 6.36. The molecule has 8 heteroatoms. The van der Waals surface area contributed by atoms with Crippen LogP contribution in [0.2, 0.25) is 0 Å². The van der Waals surface area contributed by atoms with Crippen molar-refractivity contribution in [2.75, 3.05) is 55.9 Å². The van der Waals surface area contributed by atoms with Crippen LogP contribution in [0.4, 0.5) is 11.8 Å². The summed E-state index contributed by atoms with van der Waals surface area (Å²) in [6, 6.07) is 18.8. The van der Waals surface area contributed by atoms with E-state index in [1.165, 1.54) is 5.56 Å². The normalized spacial score (nSPS) is 18.4. The zero-order valence-electron chi connectivity index (χ0n) is 21.3. The van der Waals surface area contributed by atoms with Crippen molar-refractivity contribution in [2.24, 2.45) is 7.05 Å². The molecule has 0 spiro atoms. The summed E-state index contributed by atoms with van der Waals surface area (Å²) in [5.74, 6) is 1.64. The molecule has 0 bridgehead atoms. The van der Waals surface area contributed by atoms with Gasteiger partial charge in [0.25, 0.3) is 5.56 Å². The summed E-state index contributed by atoms with van der Waals surface area (Å²) in [6.07, 6.45) is 1.89. The van der Waals surface area contributed by atoms with Crippen LogP contribution in [-0.4, -0.2) is 60.6 Å². The van der Waals surface area contributed by atoms with Gasteiger partial charge < -0.3 is 23.8 Å². The van der Waals surface area contributed by atoms with E-state index in [0.29, 0.717) is 26.4 Å². The van der Waals surface area contributed by atoms with Crippen LogP contribution in [0.1, 0.15) is 17.2 Å². The maximum Gasteiger partial charge on any atom is 0.253 e. The van der Waals surface area contributed by atoms with E-state index in [2.05, 4.69) is 52.3 Å². The highest BCUT2D eigenvalue weighted by Crippen LogP contribution is 2.36. The Labute approximate surface area is 216 Å². The van der Waals surface area contributed by atoms with Crippen molar-refractivity contribution in [1.29, 1.82) is 0 Å². The van der Waals surface area contributed by atoms with Gasteiger partial charge in [-0.25, -0.2) is 4.98 Å². The highest BCUT2D eigenvalue weighted by atomic mass is 16.5. The second-order valence-corrected chi connectivity index (χ2v) is 9.70. The third-order valence-electron chi connectivity index (χ3n) is 7.24. The van der Waals surface area contributed by atoms with Crippen molar-refractivity contribution < 1.29 is 9.47 Å². The Morgan fingerprint density at radius 1 is 0.892 bits per heavy atom. The summed E-state index contributed by atoms with van der Waals surface area (Å²) in [4.78, 5) is 27.0. The maximum absolute atomic E-state index is 12.3. The molecular formula is C29H31N5O3. The lowest BCUT2D eigenvalue weighted by Gasteiger charge is -2.38. The number of hydrogen-bond acceptors (Lipinski definition) is 7. The number of benzene rings is 2. The summed E-state index contributed by atoms with van der Waals surface area (Å²) in [5, 5.41) is 0.990. The van der Waals surface area contributed by atoms with Gasteiger partial charge in [0.1, 0.15) is 5.82 Å². The number of pyridine rings is 1. The predicted molar refractivity (Wildman–Crippen MR) is 145 cm³/mol. The van der Waals surface area contributed by atoms with E-state index >= 15 is 0 Å². The zero-order valence-corrected chi connectivity index (χ0v) is 21.3. The van der Waals surface area contributed by atoms with E-state index in [4.69, 9.17) is 19.4 Å². The van der Waals surface area contributed by atoms with E-state index in [-0.39, 0.29) is 11.6 Å². The Bertz CT molecular complexity index is 1450. The molecule has 2 fully saturated rings. The third kappa shape index (κ3) is 4.58. The number of nitrogens with zero attached hydrogens (tertiary/aromatic N) is 5. The van der Waals surface area contributed by atoms with Gasteiger partial charge >= 0.3 is 0 Å². The first-order chi connectivity index (χ1) is 18.1. The van der Waals surface area contributed by atoms with Crippen molar-refractivity contribution >= 4 is 22.7 Å². The molecular weight excluding hydrogens is 466 g/mol. The second-order valence-electron chi connectivity index (χ2n) is 9.70. The van der Waals surface area contributed by atoms with Crippen molar-refractivity contribution in [3.63, 3.8) is 0 Å². The highest BCUT2D eigenvalue weighted by Gasteiger charge is 2.29. The molecule has 1 unspecified atom stereocenters. The number of aromatic nitrogens is 3. The van der Waals surface area contributed by atoms with E-state index in [0.717, 1.165) is 59.0 Å². The van der Waals surface area contributed by atoms with Crippen LogP contribution in [0.25, 0.3) is 22.0 Å². The highest BCUT2D eigenvalue weighted by molar-refractivity contribution is 5.94. The Balaban J connectivity index is 1.52. The lowest BCUT2D eigenvalue weighted by atomic mass is 10.0. The van der Waals surface area contributed by atoms with Gasteiger partial charge in [-0.1, -0.05) is 36.4 Å². The molecule has 0 radical (unpaired) electrons. The van der Waals surface area contributed by atoms with Crippen molar-refractivity contribution in [1.82, 2.24) is 14.5 Å². The third-order valence-corrected chi connectivity index (χ3v) is 7.24. The van der Waals surface area contributed by atoms with Gasteiger partial charge in [0.2, 0.25) is 5.95 Å². The molecule has 6 rings (SSSR count). The fourth-order valence-corrected chi connectivity index (χ4v) is 5.25. The van der Waals surface area contributed by atoms with E-state index in [9.17, 15) is 4.79 Å². The summed E-state index contributed by atoms with van der Waals surface area (Å²) in [5.41, 5.74) is 4.85. The first-order valence-electron chi connectivity index (χ1n) is 12.8. The summed E-state index contributed by atoms with van der Waals surface area (Å²) in [6.45, 7) is 6.71. The number of rotatable bonds is 4. The largest absolute Gasteiger partial charge is 0.378 e. The summed E-state index contributed by atoms with van der Waals surface area (Å²) >= 11 is 0. The van der Waals surface area contributed by atoms with Crippen molar-refractivity contribution in [3.8, 4) is 11.1 Å². The molecule has 0 saturated carbocycles. The average Bonchev–Trinajstić information content (AvgIpc) is 2.95. The number of anilines is 2. The number of hydrogen-bond donors (Lipinski definition) is 0. The predicted octanol–water partition coefficient (Wildman–Crippen LogP) is 3.72. The topological polar surface area (TPSA) is 72.7 Å². The quantitative estimate of drug-likeness (QED) is 0.426. The van der Waals surface area contributed by atoms with Crippen LogP contribution in [0.5, 0.6) is 0 Å². The van der Waals surface area contributed by atoms with Crippen LogP contribution in [-0.2, 0) is 16.5 Å². The number of aryl methyl sites for hydroxylation is 2. The molecule has 4 aromatic rings. The zero-order chi connectivity index (χ0) is 25.4. The molecule has 2 aliphatic heterocycles. The molecule has 190 valence electrons. The fraction of sp³-hybridized carbons (Fsp3) is 0.345. The molecule has 1 atom stereocenters. The Morgan fingerprint density at radius 3 is 2.46 bits per heavy atom. The van der Waals surface area contributed by atoms with Gasteiger partial charge in [0.05, 0.1) is 38.0 Å². The number of morpholine rings is 2. The van der Waals surface area contributed by atoms with Gasteiger partial charge in [-0.3, -0.25) is 4.79 Å². The fourth-order valence-electron chi connectivity index (χ4n) is 5.25. The van der Waals surface area contributed by atoms with Crippen molar-refractivity contribution in [3.05, 3.63) is 82.3 Å². The molecule has 2 saturated heterocycles. The van der Waals surface area contributed by atoms with Crippen LogP contribution in [0, 0.1) is 6.92 Å². The van der Waals surface area contributed by atoms with Crippen molar-refractivity contribution in [2.45, 2.75) is 13.0 Å². The summed E-state index contributed by atoms with van der Waals surface area (Å²) in [7, 11) is 1.79. The van der Waals surface area contributed by atoms with Gasteiger partial charge in [-0.2, -0.15) is 4.98 Å². The minimum absolute atomic E-state index is 0.0164. The second kappa shape index (κ2) is 9.95.